The van der Waals surface area contributed by atoms with E-state index in [0.29, 0.717) is 31.5 Å². The molecule has 1 aliphatic heterocycles. The monoisotopic (exact) mass is 324 g/mol. The van der Waals surface area contributed by atoms with E-state index in [0.717, 1.165) is 0 Å². The Morgan fingerprint density at radius 2 is 1.86 bits per heavy atom. The lowest BCUT2D eigenvalue weighted by atomic mass is 10.1. The Hall–Kier alpha value is -1.80. The highest BCUT2D eigenvalue weighted by molar-refractivity contribution is 7.88. The molecule has 1 fully saturated rings. The van der Waals surface area contributed by atoms with Crippen molar-refractivity contribution >= 4 is 10.0 Å². The Morgan fingerprint density at radius 3 is 2.50 bits per heavy atom. The summed E-state index contributed by atoms with van der Waals surface area (Å²) in [4.78, 5) is 1.64. The van der Waals surface area contributed by atoms with Crippen LogP contribution < -0.4 is 0 Å². The van der Waals surface area contributed by atoms with Gasteiger partial charge in [-0.25, -0.2) is 17.1 Å². The van der Waals surface area contributed by atoms with Crippen LogP contribution in [0.1, 0.15) is 24.4 Å². The topological polar surface area (TPSA) is 68.1 Å². The number of nitrogens with zero attached hydrogens (tertiary/aromatic N) is 4. The summed E-state index contributed by atoms with van der Waals surface area (Å²) in [6, 6.07) is 5.85. The van der Waals surface area contributed by atoms with Gasteiger partial charge < -0.3 is 0 Å². The highest BCUT2D eigenvalue weighted by Gasteiger charge is 2.29. The molecule has 0 saturated carbocycles. The van der Waals surface area contributed by atoms with Crippen LogP contribution in [0.4, 0.5) is 4.39 Å². The van der Waals surface area contributed by atoms with Crippen molar-refractivity contribution in [2.24, 2.45) is 0 Å². The summed E-state index contributed by atoms with van der Waals surface area (Å²) < 4.78 is 39.5. The number of hydrogen-bond donors (Lipinski definition) is 0. The third kappa shape index (κ3) is 3.33. The molecule has 0 unspecified atom stereocenters. The van der Waals surface area contributed by atoms with Gasteiger partial charge in [0.1, 0.15) is 5.82 Å². The van der Waals surface area contributed by atoms with Crippen LogP contribution in [0.15, 0.2) is 36.7 Å². The van der Waals surface area contributed by atoms with E-state index < -0.39 is 15.8 Å². The summed E-state index contributed by atoms with van der Waals surface area (Å²) in [6.07, 6.45) is 4.59. The van der Waals surface area contributed by atoms with Crippen molar-refractivity contribution in [2.45, 2.75) is 24.6 Å². The SMILES string of the molecule is O=S(=O)(Cc1cccc(F)c1)N1CCC(n2nccn2)CC1. The van der Waals surface area contributed by atoms with Crippen molar-refractivity contribution in [1.82, 2.24) is 19.3 Å². The standard InChI is InChI=1S/C14H17FN4O2S/c15-13-3-1-2-12(10-13)11-22(20,21)18-8-4-14(5-9-18)19-16-6-7-17-19/h1-3,6-7,10,14H,4-5,8-9,11H2. The number of aromatic nitrogens is 3. The summed E-state index contributed by atoms with van der Waals surface area (Å²) >= 11 is 0. The maximum absolute atomic E-state index is 13.2. The summed E-state index contributed by atoms with van der Waals surface area (Å²) in [7, 11) is -3.43. The van der Waals surface area contributed by atoms with Crippen LogP contribution in [0.5, 0.6) is 0 Å². The van der Waals surface area contributed by atoms with Gasteiger partial charge in [-0.1, -0.05) is 12.1 Å². The molecule has 0 atom stereocenters. The first kappa shape index (κ1) is 15.1. The van der Waals surface area contributed by atoms with E-state index in [-0.39, 0.29) is 11.8 Å². The molecule has 22 heavy (non-hydrogen) atoms. The van der Waals surface area contributed by atoms with Gasteiger partial charge in [0, 0.05) is 13.1 Å². The molecule has 2 aromatic rings. The average Bonchev–Trinajstić information content (AvgIpc) is 3.01. The van der Waals surface area contributed by atoms with Crippen LogP contribution in [-0.2, 0) is 15.8 Å². The van der Waals surface area contributed by atoms with Crippen molar-refractivity contribution in [3.63, 3.8) is 0 Å². The summed E-state index contributed by atoms with van der Waals surface area (Å²) in [5.41, 5.74) is 0.468. The molecule has 1 aliphatic rings. The first-order chi connectivity index (χ1) is 10.5. The zero-order valence-corrected chi connectivity index (χ0v) is 12.8. The second-order valence-corrected chi connectivity index (χ2v) is 7.33. The van der Waals surface area contributed by atoms with Crippen LogP contribution in [0.2, 0.25) is 0 Å². The molecule has 1 aromatic heterocycles. The molecule has 2 heterocycles. The predicted octanol–water partition coefficient (Wildman–Crippen LogP) is 1.58. The normalized spacial score (nSPS) is 17.7. The average molecular weight is 324 g/mol. The Bertz CT molecular complexity index is 725. The second kappa shape index (κ2) is 6.13. The van der Waals surface area contributed by atoms with Gasteiger partial charge in [0.2, 0.25) is 10.0 Å². The number of sulfonamides is 1. The molecule has 1 saturated heterocycles. The molecule has 0 spiro atoms. The second-order valence-electron chi connectivity index (χ2n) is 5.37. The van der Waals surface area contributed by atoms with Crippen molar-refractivity contribution in [3.05, 3.63) is 48.0 Å². The van der Waals surface area contributed by atoms with E-state index >= 15 is 0 Å². The molecule has 1 aromatic carbocycles. The minimum absolute atomic E-state index is 0.135. The van der Waals surface area contributed by atoms with Gasteiger partial charge in [-0.3, -0.25) is 0 Å². The zero-order valence-electron chi connectivity index (χ0n) is 12.0. The van der Waals surface area contributed by atoms with E-state index in [1.54, 1.807) is 23.3 Å². The van der Waals surface area contributed by atoms with Gasteiger partial charge in [0.25, 0.3) is 0 Å². The molecule has 0 bridgehead atoms. The lowest BCUT2D eigenvalue weighted by molar-refractivity contribution is 0.245. The molecule has 0 aliphatic carbocycles. The molecule has 0 radical (unpaired) electrons. The third-order valence-electron chi connectivity index (χ3n) is 3.82. The van der Waals surface area contributed by atoms with Crippen LogP contribution in [-0.4, -0.2) is 40.8 Å². The molecular formula is C14H17FN4O2S. The van der Waals surface area contributed by atoms with Crippen LogP contribution in [0.3, 0.4) is 0 Å². The van der Waals surface area contributed by atoms with Crippen LogP contribution in [0.25, 0.3) is 0 Å². The highest BCUT2D eigenvalue weighted by Crippen LogP contribution is 2.24. The molecule has 8 heteroatoms. The van der Waals surface area contributed by atoms with E-state index in [4.69, 9.17) is 0 Å². The third-order valence-corrected chi connectivity index (χ3v) is 5.67. The molecule has 0 amide bonds. The van der Waals surface area contributed by atoms with Gasteiger partial charge >= 0.3 is 0 Å². The van der Waals surface area contributed by atoms with Crippen molar-refractivity contribution in [3.8, 4) is 0 Å². The largest absolute Gasteiger partial charge is 0.218 e. The number of halogens is 1. The van der Waals surface area contributed by atoms with Crippen LogP contribution in [0, 0.1) is 5.82 Å². The maximum Gasteiger partial charge on any atom is 0.218 e. The highest BCUT2D eigenvalue weighted by atomic mass is 32.2. The Labute approximate surface area is 128 Å². The first-order valence-electron chi connectivity index (χ1n) is 7.13. The summed E-state index contributed by atoms with van der Waals surface area (Å²) in [5, 5.41) is 8.20. The maximum atomic E-state index is 13.2. The fourth-order valence-electron chi connectivity index (χ4n) is 2.69. The van der Waals surface area contributed by atoms with E-state index in [2.05, 4.69) is 10.2 Å². The molecule has 0 N–H and O–H groups in total. The number of benzene rings is 1. The minimum Gasteiger partial charge on any atom is -0.212 e. The van der Waals surface area contributed by atoms with Gasteiger partial charge in [-0.05, 0) is 30.5 Å². The minimum atomic E-state index is -3.43. The summed E-state index contributed by atoms with van der Waals surface area (Å²) in [5.74, 6) is -0.591. The van der Waals surface area contributed by atoms with E-state index in [1.807, 2.05) is 0 Å². The van der Waals surface area contributed by atoms with Crippen LogP contribution >= 0.6 is 0 Å². The first-order valence-corrected chi connectivity index (χ1v) is 8.73. The van der Waals surface area contributed by atoms with E-state index in [1.165, 1.54) is 22.5 Å². The van der Waals surface area contributed by atoms with Gasteiger partial charge in [0.15, 0.2) is 0 Å². The number of piperidine rings is 1. The quantitative estimate of drug-likeness (QED) is 0.856. The van der Waals surface area contributed by atoms with Gasteiger partial charge in [-0.15, -0.1) is 0 Å². The molecule has 118 valence electrons. The zero-order chi connectivity index (χ0) is 15.6. The lowest BCUT2D eigenvalue weighted by Crippen LogP contribution is -2.40. The van der Waals surface area contributed by atoms with Gasteiger partial charge in [0.05, 0.1) is 24.2 Å². The van der Waals surface area contributed by atoms with Crippen molar-refractivity contribution < 1.29 is 12.8 Å². The predicted molar refractivity (Wildman–Crippen MR) is 78.9 cm³/mol. The Kier molecular flexibility index (Phi) is 4.21. The van der Waals surface area contributed by atoms with Crippen molar-refractivity contribution in [1.29, 1.82) is 0 Å². The van der Waals surface area contributed by atoms with Crippen molar-refractivity contribution in [2.75, 3.05) is 13.1 Å². The Balaban J connectivity index is 1.64. The summed E-state index contributed by atoms with van der Waals surface area (Å²) in [6.45, 7) is 0.869. The smallest absolute Gasteiger partial charge is 0.212 e. The fraction of sp³-hybridized carbons (Fsp3) is 0.429. The number of hydrogen-bond acceptors (Lipinski definition) is 4. The molecule has 3 rings (SSSR count). The molecular weight excluding hydrogens is 307 g/mol. The van der Waals surface area contributed by atoms with E-state index in [9.17, 15) is 12.8 Å². The fourth-order valence-corrected chi connectivity index (χ4v) is 4.25. The van der Waals surface area contributed by atoms with Gasteiger partial charge in [-0.2, -0.15) is 15.0 Å². The number of rotatable bonds is 4. The Morgan fingerprint density at radius 1 is 1.18 bits per heavy atom. The molecule has 6 nitrogen and oxygen atoms in total. The lowest BCUT2D eigenvalue weighted by Gasteiger charge is -2.30.